The van der Waals surface area contributed by atoms with Crippen LogP contribution in [0.25, 0.3) is 0 Å². The van der Waals surface area contributed by atoms with Crippen molar-refractivity contribution in [2.75, 3.05) is 5.73 Å². The maximum Gasteiger partial charge on any atom is 0.223 e. The van der Waals surface area contributed by atoms with Crippen LogP contribution in [0.2, 0.25) is 0 Å². The summed E-state index contributed by atoms with van der Waals surface area (Å²) in [5, 5.41) is 3.66. The van der Waals surface area contributed by atoms with Crippen LogP contribution >= 0.6 is 0 Å². The minimum atomic E-state index is -0.229. The van der Waals surface area contributed by atoms with Gasteiger partial charge in [0, 0.05) is 19.3 Å². The number of nitrogens with zero attached hydrogens (tertiary/aromatic N) is 2. The standard InChI is InChI=1S/C5H7N3O/c1-8-3-2-4(9)5(6)7-8/h2-3H,1H3,(H2,6,7). The minimum Gasteiger partial charge on any atom is -0.379 e. The second kappa shape index (κ2) is 1.89. The Bertz CT molecular complexity index is 265. The number of aryl methyl sites for hydroxylation is 1. The first-order valence-electron chi connectivity index (χ1n) is 2.49. The molecule has 2 N–H and O–H groups in total. The highest BCUT2D eigenvalue weighted by molar-refractivity contribution is 5.23. The summed E-state index contributed by atoms with van der Waals surface area (Å²) in [6.45, 7) is 0. The second-order valence-electron chi connectivity index (χ2n) is 1.74. The molecule has 1 aromatic rings. The van der Waals surface area contributed by atoms with Gasteiger partial charge in [0.1, 0.15) is 0 Å². The van der Waals surface area contributed by atoms with Gasteiger partial charge in [-0.2, -0.15) is 5.10 Å². The van der Waals surface area contributed by atoms with E-state index in [1.807, 2.05) is 0 Å². The van der Waals surface area contributed by atoms with Gasteiger partial charge in [-0.25, -0.2) is 0 Å². The normalized spacial score (nSPS) is 9.44. The average Bonchev–Trinajstić information content (AvgIpc) is 1.80. The first kappa shape index (κ1) is 5.81. The van der Waals surface area contributed by atoms with Crippen molar-refractivity contribution in [1.82, 2.24) is 9.78 Å². The first-order chi connectivity index (χ1) is 4.20. The van der Waals surface area contributed by atoms with Crippen molar-refractivity contribution in [3.63, 3.8) is 0 Å². The number of rotatable bonds is 0. The van der Waals surface area contributed by atoms with E-state index in [9.17, 15) is 4.79 Å². The Morgan fingerprint density at radius 1 is 1.78 bits per heavy atom. The molecule has 0 bridgehead atoms. The predicted molar refractivity (Wildman–Crippen MR) is 33.9 cm³/mol. The van der Waals surface area contributed by atoms with Gasteiger partial charge in [0.05, 0.1) is 0 Å². The van der Waals surface area contributed by atoms with Crippen molar-refractivity contribution < 1.29 is 0 Å². The minimum absolute atomic E-state index is 0.0417. The third-order valence-corrected chi connectivity index (χ3v) is 0.960. The van der Waals surface area contributed by atoms with Gasteiger partial charge in [0.25, 0.3) is 0 Å². The van der Waals surface area contributed by atoms with Gasteiger partial charge in [-0.15, -0.1) is 0 Å². The molecule has 0 amide bonds. The van der Waals surface area contributed by atoms with E-state index in [2.05, 4.69) is 5.10 Å². The van der Waals surface area contributed by atoms with Crippen LogP contribution in [-0.2, 0) is 7.05 Å². The molecule has 4 heteroatoms. The number of hydrogen-bond acceptors (Lipinski definition) is 3. The highest BCUT2D eigenvalue weighted by Gasteiger charge is 1.90. The Morgan fingerprint density at radius 3 is 2.89 bits per heavy atom. The quantitative estimate of drug-likeness (QED) is 0.501. The molecular weight excluding hydrogens is 118 g/mol. The van der Waals surface area contributed by atoms with Crippen molar-refractivity contribution in [2.45, 2.75) is 0 Å². The van der Waals surface area contributed by atoms with Crippen molar-refractivity contribution in [3.05, 3.63) is 22.5 Å². The number of nitrogens with two attached hydrogens (primary N) is 1. The number of aromatic nitrogens is 2. The SMILES string of the molecule is Cn1ccc(=O)c(N)n1. The Labute approximate surface area is 51.9 Å². The molecule has 1 heterocycles. The maximum atomic E-state index is 10.6. The van der Waals surface area contributed by atoms with E-state index < -0.39 is 0 Å². The monoisotopic (exact) mass is 125 g/mol. The van der Waals surface area contributed by atoms with Crippen molar-refractivity contribution >= 4 is 5.82 Å². The molecule has 0 saturated carbocycles. The Balaban J connectivity index is 3.34. The molecule has 0 aliphatic rings. The summed E-state index contributed by atoms with van der Waals surface area (Å²) in [7, 11) is 1.70. The Kier molecular flexibility index (Phi) is 1.22. The van der Waals surface area contributed by atoms with Crippen molar-refractivity contribution in [2.24, 2.45) is 7.05 Å². The maximum absolute atomic E-state index is 10.6. The van der Waals surface area contributed by atoms with Crippen LogP contribution in [0, 0.1) is 0 Å². The molecule has 0 aliphatic heterocycles. The summed E-state index contributed by atoms with van der Waals surface area (Å²) >= 11 is 0. The van der Waals surface area contributed by atoms with E-state index in [4.69, 9.17) is 5.73 Å². The Hall–Kier alpha value is -1.32. The van der Waals surface area contributed by atoms with Crippen LogP contribution in [0.5, 0.6) is 0 Å². The fraction of sp³-hybridized carbons (Fsp3) is 0.200. The third kappa shape index (κ3) is 1.07. The second-order valence-corrected chi connectivity index (χ2v) is 1.74. The molecule has 9 heavy (non-hydrogen) atoms. The molecule has 0 radical (unpaired) electrons. The molecule has 0 saturated heterocycles. The lowest BCUT2D eigenvalue weighted by Gasteiger charge is -1.93. The Morgan fingerprint density at radius 2 is 2.44 bits per heavy atom. The molecule has 0 fully saturated rings. The fourth-order valence-electron chi connectivity index (χ4n) is 0.513. The van der Waals surface area contributed by atoms with Crippen molar-refractivity contribution in [3.8, 4) is 0 Å². The van der Waals surface area contributed by atoms with Crippen LogP contribution in [-0.4, -0.2) is 9.78 Å². The molecule has 0 spiro atoms. The van der Waals surface area contributed by atoms with E-state index in [-0.39, 0.29) is 11.2 Å². The van der Waals surface area contributed by atoms with Crippen LogP contribution in [0.1, 0.15) is 0 Å². The number of anilines is 1. The fourth-order valence-corrected chi connectivity index (χ4v) is 0.513. The molecular formula is C5H7N3O. The number of hydrogen-bond donors (Lipinski definition) is 1. The van der Waals surface area contributed by atoms with E-state index in [1.54, 1.807) is 13.2 Å². The average molecular weight is 125 g/mol. The zero-order chi connectivity index (χ0) is 6.85. The first-order valence-corrected chi connectivity index (χ1v) is 2.49. The molecule has 0 unspecified atom stereocenters. The predicted octanol–water partition coefficient (Wildman–Crippen LogP) is -0.638. The highest BCUT2D eigenvalue weighted by atomic mass is 16.1. The molecule has 0 aliphatic carbocycles. The van der Waals surface area contributed by atoms with E-state index >= 15 is 0 Å². The lowest BCUT2D eigenvalue weighted by Crippen LogP contribution is -2.13. The van der Waals surface area contributed by atoms with Gasteiger partial charge in [0.15, 0.2) is 5.82 Å². The smallest absolute Gasteiger partial charge is 0.223 e. The van der Waals surface area contributed by atoms with Gasteiger partial charge in [-0.05, 0) is 0 Å². The zero-order valence-corrected chi connectivity index (χ0v) is 5.03. The van der Waals surface area contributed by atoms with Gasteiger partial charge in [-0.1, -0.05) is 0 Å². The van der Waals surface area contributed by atoms with Crippen LogP contribution in [0.3, 0.4) is 0 Å². The van der Waals surface area contributed by atoms with E-state index in [0.717, 1.165) is 0 Å². The van der Waals surface area contributed by atoms with Gasteiger partial charge >= 0.3 is 0 Å². The molecule has 1 rings (SSSR count). The summed E-state index contributed by atoms with van der Waals surface area (Å²) in [6, 6.07) is 1.38. The van der Waals surface area contributed by atoms with Crippen LogP contribution in [0.15, 0.2) is 17.1 Å². The van der Waals surface area contributed by atoms with Gasteiger partial charge < -0.3 is 5.73 Å². The third-order valence-electron chi connectivity index (χ3n) is 0.960. The van der Waals surface area contributed by atoms with E-state index in [1.165, 1.54) is 10.7 Å². The highest BCUT2D eigenvalue weighted by Crippen LogP contribution is 1.80. The summed E-state index contributed by atoms with van der Waals surface area (Å²) in [4.78, 5) is 10.6. The van der Waals surface area contributed by atoms with Crippen LogP contribution in [0.4, 0.5) is 5.82 Å². The lowest BCUT2D eigenvalue weighted by atomic mass is 10.5. The molecule has 4 nitrogen and oxygen atoms in total. The summed E-state index contributed by atoms with van der Waals surface area (Å²) < 4.78 is 1.48. The zero-order valence-electron chi connectivity index (χ0n) is 5.03. The summed E-state index contributed by atoms with van der Waals surface area (Å²) in [5.41, 5.74) is 4.95. The topological polar surface area (TPSA) is 60.9 Å². The summed E-state index contributed by atoms with van der Waals surface area (Å²) in [6.07, 6.45) is 1.55. The van der Waals surface area contributed by atoms with Gasteiger partial charge in [-0.3, -0.25) is 9.48 Å². The van der Waals surface area contributed by atoms with Gasteiger partial charge in [0.2, 0.25) is 5.43 Å². The van der Waals surface area contributed by atoms with Crippen LogP contribution < -0.4 is 11.2 Å². The molecule has 1 aromatic heterocycles. The largest absolute Gasteiger partial charge is 0.379 e. The van der Waals surface area contributed by atoms with E-state index in [0.29, 0.717) is 0 Å². The molecule has 0 atom stereocenters. The summed E-state index contributed by atoms with van der Waals surface area (Å²) in [5.74, 6) is 0.0417. The number of nitrogen functional groups attached to an aromatic ring is 1. The molecule has 0 aromatic carbocycles. The van der Waals surface area contributed by atoms with Crippen molar-refractivity contribution in [1.29, 1.82) is 0 Å². The molecule has 48 valence electrons. The lowest BCUT2D eigenvalue weighted by molar-refractivity contribution is 0.742.